The van der Waals surface area contributed by atoms with Gasteiger partial charge in [-0.25, -0.2) is 0 Å². The van der Waals surface area contributed by atoms with Gasteiger partial charge in [-0.2, -0.15) is 0 Å². The molecule has 0 saturated heterocycles. The molecular weight excluding hydrogens is 296 g/mol. The van der Waals surface area contributed by atoms with Crippen molar-refractivity contribution in [3.05, 3.63) is 59.7 Å². The molecule has 0 saturated carbocycles. The van der Waals surface area contributed by atoms with Crippen molar-refractivity contribution in [2.75, 3.05) is 13.6 Å². The van der Waals surface area contributed by atoms with Crippen LogP contribution >= 0.6 is 12.4 Å². The zero-order valence-corrected chi connectivity index (χ0v) is 13.9. The van der Waals surface area contributed by atoms with Crippen LogP contribution in [0.1, 0.15) is 17.5 Å². The number of amides is 1. The molecule has 3 nitrogen and oxygen atoms in total. The van der Waals surface area contributed by atoms with Gasteiger partial charge in [-0.05, 0) is 30.7 Å². The monoisotopic (exact) mass is 318 g/mol. The first kappa shape index (κ1) is 18.2. The highest BCUT2D eigenvalue weighted by molar-refractivity contribution is 5.85. The summed E-state index contributed by atoms with van der Waals surface area (Å²) in [5.74, 6) is 0.0760. The van der Waals surface area contributed by atoms with E-state index in [0.717, 1.165) is 5.56 Å². The van der Waals surface area contributed by atoms with E-state index >= 15 is 0 Å². The maximum atomic E-state index is 11.6. The van der Waals surface area contributed by atoms with Gasteiger partial charge in [0, 0.05) is 19.5 Å². The summed E-state index contributed by atoms with van der Waals surface area (Å²) in [7, 11) is 1.84. The fourth-order valence-corrected chi connectivity index (χ4v) is 2.17. The molecule has 0 heterocycles. The predicted molar refractivity (Wildman–Crippen MR) is 94.3 cm³/mol. The number of rotatable bonds is 6. The fourth-order valence-electron chi connectivity index (χ4n) is 2.17. The molecule has 2 rings (SSSR count). The van der Waals surface area contributed by atoms with E-state index in [1.54, 1.807) is 0 Å². The number of nitrogens with one attached hydrogen (secondary N) is 2. The molecule has 2 aromatic rings. The SMILES string of the molecule is CNCCC(=O)NCc1ccc(-c2cccc(C)c2)cc1.Cl. The average Bonchev–Trinajstić information content (AvgIpc) is 2.51. The molecule has 0 aliphatic rings. The zero-order valence-electron chi connectivity index (χ0n) is 13.1. The van der Waals surface area contributed by atoms with Crippen LogP contribution in [-0.4, -0.2) is 19.5 Å². The van der Waals surface area contributed by atoms with Gasteiger partial charge in [0.05, 0.1) is 0 Å². The van der Waals surface area contributed by atoms with E-state index in [9.17, 15) is 4.79 Å². The second-order valence-electron chi connectivity index (χ2n) is 5.20. The Morgan fingerprint density at radius 3 is 2.41 bits per heavy atom. The van der Waals surface area contributed by atoms with Gasteiger partial charge >= 0.3 is 0 Å². The first-order valence-electron chi connectivity index (χ1n) is 7.26. The van der Waals surface area contributed by atoms with Gasteiger partial charge < -0.3 is 10.6 Å². The molecular formula is C18H23ClN2O. The Labute approximate surface area is 138 Å². The summed E-state index contributed by atoms with van der Waals surface area (Å²) in [5.41, 5.74) is 4.79. The van der Waals surface area contributed by atoms with Crippen LogP contribution in [0.3, 0.4) is 0 Å². The third kappa shape index (κ3) is 5.51. The highest BCUT2D eigenvalue weighted by Crippen LogP contribution is 2.20. The van der Waals surface area contributed by atoms with Crippen LogP contribution in [0.25, 0.3) is 11.1 Å². The summed E-state index contributed by atoms with van der Waals surface area (Å²) < 4.78 is 0. The Morgan fingerprint density at radius 2 is 1.77 bits per heavy atom. The lowest BCUT2D eigenvalue weighted by molar-refractivity contribution is -0.121. The minimum absolute atomic E-state index is 0. The van der Waals surface area contributed by atoms with Crippen molar-refractivity contribution in [2.45, 2.75) is 19.9 Å². The van der Waals surface area contributed by atoms with E-state index in [0.29, 0.717) is 19.5 Å². The van der Waals surface area contributed by atoms with Crippen LogP contribution in [0, 0.1) is 6.92 Å². The van der Waals surface area contributed by atoms with Crippen molar-refractivity contribution in [1.82, 2.24) is 10.6 Å². The standard InChI is InChI=1S/C18H22N2O.ClH/c1-14-4-3-5-17(12-14)16-8-6-15(7-9-16)13-20-18(21)10-11-19-2;/h3-9,12,19H,10-11,13H2,1-2H3,(H,20,21);1H. The molecule has 2 aromatic carbocycles. The normalized spacial score (nSPS) is 9.91. The summed E-state index contributed by atoms with van der Waals surface area (Å²) in [6, 6.07) is 16.8. The minimum Gasteiger partial charge on any atom is -0.352 e. The summed E-state index contributed by atoms with van der Waals surface area (Å²) in [4.78, 5) is 11.6. The van der Waals surface area contributed by atoms with Gasteiger partial charge in [0.25, 0.3) is 0 Å². The van der Waals surface area contributed by atoms with Crippen LogP contribution in [0.2, 0.25) is 0 Å². The van der Waals surface area contributed by atoms with Crippen molar-refractivity contribution >= 4 is 18.3 Å². The third-order valence-electron chi connectivity index (χ3n) is 3.40. The van der Waals surface area contributed by atoms with Crippen molar-refractivity contribution in [3.8, 4) is 11.1 Å². The summed E-state index contributed by atoms with van der Waals surface area (Å²) >= 11 is 0. The smallest absolute Gasteiger partial charge is 0.221 e. The topological polar surface area (TPSA) is 41.1 Å². The number of aryl methyl sites for hydroxylation is 1. The molecule has 22 heavy (non-hydrogen) atoms. The average molecular weight is 319 g/mol. The first-order valence-corrected chi connectivity index (χ1v) is 7.26. The maximum Gasteiger partial charge on any atom is 0.221 e. The molecule has 4 heteroatoms. The van der Waals surface area contributed by atoms with Crippen molar-refractivity contribution in [2.24, 2.45) is 0 Å². The van der Waals surface area contributed by atoms with Gasteiger partial charge in [-0.1, -0.05) is 54.1 Å². The molecule has 1 amide bonds. The number of hydrogen-bond acceptors (Lipinski definition) is 2. The van der Waals surface area contributed by atoms with E-state index in [-0.39, 0.29) is 18.3 Å². The largest absolute Gasteiger partial charge is 0.352 e. The third-order valence-corrected chi connectivity index (χ3v) is 3.40. The molecule has 0 bridgehead atoms. The maximum absolute atomic E-state index is 11.6. The molecule has 0 aromatic heterocycles. The molecule has 0 aliphatic carbocycles. The van der Waals surface area contributed by atoms with Crippen molar-refractivity contribution in [1.29, 1.82) is 0 Å². The Hall–Kier alpha value is -1.84. The summed E-state index contributed by atoms with van der Waals surface area (Å²) in [6.07, 6.45) is 0.512. The lowest BCUT2D eigenvalue weighted by Crippen LogP contribution is -2.26. The Kier molecular flexibility index (Phi) is 7.64. The minimum atomic E-state index is 0. The van der Waals surface area contributed by atoms with Gasteiger partial charge in [0.15, 0.2) is 0 Å². The molecule has 0 atom stereocenters. The quantitative estimate of drug-likeness (QED) is 0.858. The highest BCUT2D eigenvalue weighted by Gasteiger charge is 2.01. The van der Waals surface area contributed by atoms with Gasteiger partial charge in [0.2, 0.25) is 5.91 Å². The van der Waals surface area contributed by atoms with E-state index in [4.69, 9.17) is 0 Å². The number of carbonyl (C=O) groups excluding carboxylic acids is 1. The molecule has 0 radical (unpaired) electrons. The van der Waals surface area contributed by atoms with Crippen LogP contribution in [0.4, 0.5) is 0 Å². The van der Waals surface area contributed by atoms with E-state index in [1.807, 2.05) is 7.05 Å². The van der Waals surface area contributed by atoms with Crippen molar-refractivity contribution in [3.63, 3.8) is 0 Å². The second-order valence-corrected chi connectivity index (χ2v) is 5.20. The molecule has 2 N–H and O–H groups in total. The molecule has 0 fully saturated rings. The van der Waals surface area contributed by atoms with Gasteiger partial charge in [0.1, 0.15) is 0 Å². The first-order chi connectivity index (χ1) is 10.2. The van der Waals surface area contributed by atoms with Crippen LogP contribution < -0.4 is 10.6 Å². The van der Waals surface area contributed by atoms with Gasteiger partial charge in [-0.15, -0.1) is 12.4 Å². The number of hydrogen-bond donors (Lipinski definition) is 2. The van der Waals surface area contributed by atoms with E-state index in [2.05, 4.69) is 66.1 Å². The van der Waals surface area contributed by atoms with Gasteiger partial charge in [-0.3, -0.25) is 4.79 Å². The van der Waals surface area contributed by atoms with E-state index in [1.165, 1.54) is 16.7 Å². The highest BCUT2D eigenvalue weighted by atomic mass is 35.5. The van der Waals surface area contributed by atoms with Crippen LogP contribution in [0.5, 0.6) is 0 Å². The van der Waals surface area contributed by atoms with Crippen LogP contribution in [-0.2, 0) is 11.3 Å². The lowest BCUT2D eigenvalue weighted by Gasteiger charge is -2.07. The molecule has 0 spiro atoms. The predicted octanol–water partition coefficient (Wildman–Crippen LogP) is 3.31. The Balaban J connectivity index is 0.00000242. The zero-order chi connectivity index (χ0) is 15.1. The fraction of sp³-hybridized carbons (Fsp3) is 0.278. The summed E-state index contributed by atoms with van der Waals surface area (Å²) in [6.45, 7) is 3.38. The van der Waals surface area contributed by atoms with Crippen molar-refractivity contribution < 1.29 is 4.79 Å². The molecule has 118 valence electrons. The number of carbonyl (C=O) groups is 1. The van der Waals surface area contributed by atoms with E-state index < -0.39 is 0 Å². The van der Waals surface area contributed by atoms with Crippen LogP contribution in [0.15, 0.2) is 48.5 Å². The molecule has 0 unspecified atom stereocenters. The number of halogens is 1. The Bertz CT molecular complexity index is 596. The lowest BCUT2D eigenvalue weighted by atomic mass is 10.0. The summed E-state index contributed by atoms with van der Waals surface area (Å²) in [5, 5.41) is 5.89. The Morgan fingerprint density at radius 1 is 1.05 bits per heavy atom. The molecule has 0 aliphatic heterocycles. The second kappa shape index (κ2) is 9.23. The number of benzene rings is 2.